The third kappa shape index (κ3) is 5.07. The first kappa shape index (κ1) is 21.6. The zero-order valence-corrected chi connectivity index (χ0v) is 17.6. The molecule has 2 amide bonds. The summed E-state index contributed by atoms with van der Waals surface area (Å²) in [4.78, 5) is 24.4. The van der Waals surface area contributed by atoms with Crippen LogP contribution in [0, 0.1) is 12.7 Å². The van der Waals surface area contributed by atoms with E-state index in [1.54, 1.807) is 32.0 Å². The second-order valence-corrected chi connectivity index (χ2v) is 7.52. The predicted octanol–water partition coefficient (Wildman–Crippen LogP) is 3.56. The highest BCUT2D eigenvalue weighted by Gasteiger charge is 2.21. The summed E-state index contributed by atoms with van der Waals surface area (Å²) in [5, 5.41) is 14.2. The largest absolute Gasteiger partial charge is 0.459 e. The summed E-state index contributed by atoms with van der Waals surface area (Å²) in [5.74, 6) is -0.378. The number of furan rings is 1. The number of halogens is 1. The minimum Gasteiger partial charge on any atom is -0.459 e. The van der Waals surface area contributed by atoms with E-state index in [2.05, 4.69) is 20.8 Å². The minimum atomic E-state index is -0.478. The molecule has 0 spiro atoms. The lowest BCUT2D eigenvalue weighted by molar-refractivity contribution is -0.113. The molecule has 0 saturated heterocycles. The Labute approximate surface area is 177 Å². The number of hydrogen-bond donors (Lipinski definition) is 2. The number of anilines is 1. The van der Waals surface area contributed by atoms with Gasteiger partial charge in [-0.2, -0.15) is 0 Å². The number of amides is 2. The molecule has 0 saturated carbocycles. The van der Waals surface area contributed by atoms with Crippen molar-refractivity contribution in [3.8, 4) is 0 Å². The Morgan fingerprint density at radius 3 is 2.77 bits per heavy atom. The average molecular weight is 431 g/mol. The van der Waals surface area contributed by atoms with E-state index in [4.69, 9.17) is 4.42 Å². The Morgan fingerprint density at radius 1 is 1.30 bits per heavy atom. The number of carbonyl (C=O) groups excluding carboxylic acids is 2. The van der Waals surface area contributed by atoms with Gasteiger partial charge in [0.15, 0.2) is 16.7 Å². The quantitative estimate of drug-likeness (QED) is 0.529. The maximum Gasteiger partial charge on any atom is 0.287 e. The van der Waals surface area contributed by atoms with E-state index in [0.717, 1.165) is 5.56 Å². The van der Waals surface area contributed by atoms with E-state index in [0.29, 0.717) is 17.5 Å². The highest BCUT2D eigenvalue weighted by atomic mass is 32.2. The second-order valence-electron chi connectivity index (χ2n) is 6.58. The van der Waals surface area contributed by atoms with Crippen molar-refractivity contribution in [2.75, 3.05) is 11.1 Å². The van der Waals surface area contributed by atoms with Crippen LogP contribution in [0.5, 0.6) is 0 Å². The van der Waals surface area contributed by atoms with Crippen molar-refractivity contribution < 1.29 is 18.4 Å². The molecule has 1 atom stereocenters. The molecule has 30 heavy (non-hydrogen) atoms. The second kappa shape index (κ2) is 9.57. The van der Waals surface area contributed by atoms with Crippen molar-refractivity contribution in [2.45, 2.75) is 38.5 Å². The zero-order valence-electron chi connectivity index (χ0n) is 16.8. The summed E-state index contributed by atoms with van der Waals surface area (Å²) in [5.41, 5.74) is 0.912. The van der Waals surface area contributed by atoms with Gasteiger partial charge in [0.1, 0.15) is 5.82 Å². The Balaban J connectivity index is 1.62. The van der Waals surface area contributed by atoms with Gasteiger partial charge in [-0.25, -0.2) is 4.39 Å². The fraction of sp³-hybridized carbons (Fsp3) is 0.300. The standard InChI is InChI=1S/C20H22FN5O3S/c1-4-26-18(13(3)22-19(28)16-6-5-9-29-16)24-25-20(26)30-11-17(27)23-15-8-7-12(2)10-14(15)21/h5-10,13H,4,11H2,1-3H3,(H,22,28)(H,23,27)/t13-/m1/s1. The van der Waals surface area contributed by atoms with Gasteiger partial charge in [0.05, 0.1) is 23.7 Å². The van der Waals surface area contributed by atoms with E-state index in [1.165, 1.54) is 30.2 Å². The Kier molecular flexibility index (Phi) is 6.88. The van der Waals surface area contributed by atoms with Crippen LogP contribution < -0.4 is 10.6 Å². The summed E-state index contributed by atoms with van der Waals surface area (Å²) in [7, 11) is 0. The number of carbonyl (C=O) groups is 2. The Bertz CT molecular complexity index is 1040. The number of rotatable bonds is 8. The van der Waals surface area contributed by atoms with Gasteiger partial charge in [-0.1, -0.05) is 17.8 Å². The molecule has 3 rings (SSSR count). The van der Waals surface area contributed by atoms with Crippen LogP contribution in [-0.2, 0) is 11.3 Å². The fourth-order valence-corrected chi connectivity index (χ4v) is 3.61. The van der Waals surface area contributed by atoms with Crippen LogP contribution in [0.2, 0.25) is 0 Å². The molecule has 8 nitrogen and oxygen atoms in total. The smallest absolute Gasteiger partial charge is 0.287 e. The van der Waals surface area contributed by atoms with Crippen LogP contribution in [0.3, 0.4) is 0 Å². The van der Waals surface area contributed by atoms with Crippen LogP contribution in [0.15, 0.2) is 46.2 Å². The van der Waals surface area contributed by atoms with Crippen molar-refractivity contribution in [3.63, 3.8) is 0 Å². The lowest BCUT2D eigenvalue weighted by Gasteiger charge is -2.14. The normalized spacial score (nSPS) is 11.9. The van der Waals surface area contributed by atoms with Gasteiger partial charge in [0, 0.05) is 6.54 Å². The van der Waals surface area contributed by atoms with E-state index in [1.807, 2.05) is 11.5 Å². The van der Waals surface area contributed by atoms with Crippen molar-refractivity contribution in [1.29, 1.82) is 0 Å². The van der Waals surface area contributed by atoms with Crippen molar-refractivity contribution in [1.82, 2.24) is 20.1 Å². The van der Waals surface area contributed by atoms with E-state index < -0.39 is 11.9 Å². The summed E-state index contributed by atoms with van der Waals surface area (Å²) in [6.45, 7) is 6.04. The zero-order chi connectivity index (χ0) is 21.7. The van der Waals surface area contributed by atoms with Gasteiger partial charge in [-0.05, 0) is 50.6 Å². The third-order valence-corrected chi connectivity index (χ3v) is 5.24. The highest BCUT2D eigenvalue weighted by Crippen LogP contribution is 2.22. The molecule has 1 aromatic carbocycles. The van der Waals surface area contributed by atoms with Gasteiger partial charge < -0.3 is 19.6 Å². The molecule has 0 aliphatic rings. The number of nitrogens with one attached hydrogen (secondary N) is 2. The number of benzene rings is 1. The molecule has 0 bridgehead atoms. The SMILES string of the molecule is CCn1c(SCC(=O)Nc2ccc(C)cc2F)nnc1[C@@H](C)NC(=O)c1ccco1. The van der Waals surface area contributed by atoms with E-state index in [9.17, 15) is 14.0 Å². The molecule has 3 aromatic rings. The monoisotopic (exact) mass is 431 g/mol. The molecular formula is C20H22FN5O3S. The maximum atomic E-state index is 13.9. The molecule has 0 aliphatic carbocycles. The maximum absolute atomic E-state index is 13.9. The number of nitrogens with zero attached hydrogens (tertiary/aromatic N) is 3. The summed E-state index contributed by atoms with van der Waals surface area (Å²) >= 11 is 1.19. The molecule has 10 heteroatoms. The van der Waals surface area contributed by atoms with E-state index >= 15 is 0 Å². The molecule has 2 heterocycles. The van der Waals surface area contributed by atoms with Crippen LogP contribution in [0.4, 0.5) is 10.1 Å². The Morgan fingerprint density at radius 2 is 2.10 bits per heavy atom. The first-order chi connectivity index (χ1) is 14.4. The molecule has 158 valence electrons. The number of aromatic nitrogens is 3. The molecule has 0 fully saturated rings. The highest BCUT2D eigenvalue weighted by molar-refractivity contribution is 7.99. The number of thioether (sulfide) groups is 1. The molecule has 2 aromatic heterocycles. The topological polar surface area (TPSA) is 102 Å². The lowest BCUT2D eigenvalue weighted by atomic mass is 10.2. The lowest BCUT2D eigenvalue weighted by Crippen LogP contribution is -2.28. The van der Waals surface area contributed by atoms with Crippen LogP contribution >= 0.6 is 11.8 Å². The summed E-state index contributed by atoms with van der Waals surface area (Å²) < 4.78 is 20.8. The van der Waals surface area contributed by atoms with Crippen LogP contribution in [0.25, 0.3) is 0 Å². The molecule has 2 N–H and O–H groups in total. The van der Waals surface area contributed by atoms with Gasteiger partial charge >= 0.3 is 0 Å². The average Bonchev–Trinajstić information content (AvgIpc) is 3.38. The number of aryl methyl sites for hydroxylation is 1. The summed E-state index contributed by atoms with van der Waals surface area (Å²) in [6, 6.07) is 7.41. The van der Waals surface area contributed by atoms with Gasteiger partial charge in [-0.15, -0.1) is 10.2 Å². The molecule has 0 unspecified atom stereocenters. The predicted molar refractivity (Wildman–Crippen MR) is 111 cm³/mol. The first-order valence-corrected chi connectivity index (χ1v) is 10.3. The molecular weight excluding hydrogens is 409 g/mol. The summed E-state index contributed by atoms with van der Waals surface area (Å²) in [6.07, 6.45) is 1.43. The molecule has 0 radical (unpaired) electrons. The third-order valence-electron chi connectivity index (χ3n) is 4.27. The number of hydrogen-bond acceptors (Lipinski definition) is 6. The van der Waals surface area contributed by atoms with Gasteiger partial charge in [0.2, 0.25) is 5.91 Å². The van der Waals surface area contributed by atoms with E-state index in [-0.39, 0.29) is 29.0 Å². The first-order valence-electron chi connectivity index (χ1n) is 9.35. The van der Waals surface area contributed by atoms with Gasteiger partial charge in [0.25, 0.3) is 5.91 Å². The van der Waals surface area contributed by atoms with Crippen molar-refractivity contribution in [2.24, 2.45) is 0 Å². The van der Waals surface area contributed by atoms with Crippen LogP contribution in [-0.4, -0.2) is 32.3 Å². The van der Waals surface area contributed by atoms with Crippen molar-refractivity contribution >= 4 is 29.3 Å². The van der Waals surface area contributed by atoms with Gasteiger partial charge in [-0.3, -0.25) is 9.59 Å². The molecule has 0 aliphatic heterocycles. The van der Waals surface area contributed by atoms with Crippen molar-refractivity contribution in [3.05, 3.63) is 59.6 Å². The van der Waals surface area contributed by atoms with Crippen LogP contribution in [0.1, 0.15) is 41.8 Å². The minimum absolute atomic E-state index is 0.0403. The Hall–Kier alpha value is -3.14. The fourth-order valence-electron chi connectivity index (χ4n) is 2.80.